The maximum atomic E-state index is 14.2. The third-order valence-electron chi connectivity index (χ3n) is 6.96. The minimum atomic E-state index is -2.82. The van der Waals surface area contributed by atoms with E-state index >= 15 is 0 Å². The van der Waals surface area contributed by atoms with Crippen LogP contribution in [0.15, 0.2) is 109 Å². The molecule has 162 valence electrons. The van der Waals surface area contributed by atoms with E-state index in [9.17, 15) is 4.57 Å². The van der Waals surface area contributed by atoms with Gasteiger partial charge in [-0.25, -0.2) is 4.98 Å². The van der Waals surface area contributed by atoms with Crippen LogP contribution >= 0.6 is 7.14 Å². The van der Waals surface area contributed by atoms with Crippen LogP contribution in [0.3, 0.4) is 0 Å². The van der Waals surface area contributed by atoms with E-state index in [1.807, 2.05) is 49.1 Å². The number of rotatable bonds is 2. The van der Waals surface area contributed by atoms with E-state index in [4.69, 9.17) is 4.98 Å². The average Bonchev–Trinajstić information content (AvgIpc) is 3.28. The zero-order valence-corrected chi connectivity index (χ0v) is 19.5. The summed E-state index contributed by atoms with van der Waals surface area (Å²) in [4.78, 5) is 5.00. The van der Waals surface area contributed by atoms with Crippen LogP contribution in [0, 0.1) is 0 Å². The van der Waals surface area contributed by atoms with Crippen LogP contribution < -0.4 is 10.6 Å². The molecule has 5 aromatic carbocycles. The van der Waals surface area contributed by atoms with Gasteiger partial charge in [0.15, 0.2) is 0 Å². The second kappa shape index (κ2) is 7.03. The second-order valence-corrected chi connectivity index (χ2v) is 11.8. The molecule has 0 radical (unpaired) electrons. The SMILES string of the molecule is CP(=O)(c1ccc2ccccc2c1)c1ccc2c3ccccc3n3c4ccccc4nc3c2c1. The van der Waals surface area contributed by atoms with Gasteiger partial charge in [-0.1, -0.05) is 78.9 Å². The summed E-state index contributed by atoms with van der Waals surface area (Å²) in [6, 6.07) is 37.2. The maximum Gasteiger partial charge on any atom is 0.146 e. The van der Waals surface area contributed by atoms with Crippen LogP contribution in [0.4, 0.5) is 0 Å². The second-order valence-electron chi connectivity index (χ2n) is 8.96. The van der Waals surface area contributed by atoms with Gasteiger partial charge in [0.2, 0.25) is 0 Å². The summed E-state index contributed by atoms with van der Waals surface area (Å²) in [5, 5.41) is 7.29. The van der Waals surface area contributed by atoms with E-state index < -0.39 is 7.14 Å². The van der Waals surface area contributed by atoms with E-state index in [0.717, 1.165) is 59.7 Å². The summed E-state index contributed by atoms with van der Waals surface area (Å²) in [5.41, 5.74) is 4.06. The Morgan fingerprint density at radius 2 is 1.29 bits per heavy atom. The Morgan fingerprint density at radius 1 is 0.618 bits per heavy atom. The monoisotopic (exact) mass is 456 g/mol. The lowest BCUT2D eigenvalue weighted by Crippen LogP contribution is -2.15. The van der Waals surface area contributed by atoms with Gasteiger partial charge >= 0.3 is 0 Å². The first-order valence-electron chi connectivity index (χ1n) is 11.4. The molecule has 7 aromatic rings. The molecule has 2 aromatic heterocycles. The van der Waals surface area contributed by atoms with Gasteiger partial charge in [0.05, 0.1) is 16.6 Å². The first-order valence-corrected chi connectivity index (χ1v) is 13.6. The molecule has 7 rings (SSSR count). The molecule has 0 N–H and O–H groups in total. The predicted octanol–water partition coefficient (Wildman–Crippen LogP) is 6.89. The fourth-order valence-corrected chi connectivity index (χ4v) is 6.93. The highest BCUT2D eigenvalue weighted by Gasteiger charge is 2.23. The fourth-order valence-electron chi connectivity index (χ4n) is 5.16. The number of imidazole rings is 1. The zero-order valence-electron chi connectivity index (χ0n) is 18.6. The number of hydrogen-bond acceptors (Lipinski definition) is 2. The molecule has 0 aliphatic rings. The van der Waals surface area contributed by atoms with Crippen LogP contribution in [0.5, 0.6) is 0 Å². The fraction of sp³-hybridized carbons (Fsp3) is 0.0333. The molecular weight excluding hydrogens is 435 g/mol. The molecule has 2 heterocycles. The van der Waals surface area contributed by atoms with Crippen LogP contribution in [0.1, 0.15) is 0 Å². The molecule has 0 fully saturated rings. The van der Waals surface area contributed by atoms with Crippen molar-refractivity contribution in [1.29, 1.82) is 0 Å². The molecule has 0 bridgehead atoms. The van der Waals surface area contributed by atoms with Gasteiger partial charge in [-0.3, -0.25) is 4.40 Å². The third kappa shape index (κ3) is 2.71. The number of hydrogen-bond donors (Lipinski definition) is 0. The summed E-state index contributed by atoms with van der Waals surface area (Å²) in [6.07, 6.45) is 0. The number of para-hydroxylation sites is 3. The van der Waals surface area contributed by atoms with E-state index in [1.54, 1.807) is 0 Å². The van der Waals surface area contributed by atoms with Crippen molar-refractivity contribution in [2.24, 2.45) is 0 Å². The molecule has 0 aliphatic heterocycles. The summed E-state index contributed by atoms with van der Waals surface area (Å²) < 4.78 is 16.5. The Bertz CT molecular complexity index is 1970. The van der Waals surface area contributed by atoms with Crippen molar-refractivity contribution >= 4 is 66.9 Å². The summed E-state index contributed by atoms with van der Waals surface area (Å²) in [6.45, 7) is 1.87. The quantitative estimate of drug-likeness (QED) is 0.210. The van der Waals surface area contributed by atoms with Gasteiger partial charge in [-0.15, -0.1) is 0 Å². The first kappa shape index (κ1) is 19.5. The molecule has 3 nitrogen and oxygen atoms in total. The highest BCUT2D eigenvalue weighted by atomic mass is 31.2. The molecular formula is C30H21N2OP. The van der Waals surface area contributed by atoms with Crippen molar-refractivity contribution in [3.05, 3.63) is 109 Å². The van der Waals surface area contributed by atoms with Crippen LogP contribution in [-0.4, -0.2) is 16.0 Å². The molecule has 1 unspecified atom stereocenters. The molecule has 4 heteroatoms. The lowest BCUT2D eigenvalue weighted by atomic mass is 10.1. The van der Waals surface area contributed by atoms with Gasteiger partial charge in [-0.05, 0) is 53.2 Å². The minimum Gasteiger partial charge on any atom is -0.314 e. The van der Waals surface area contributed by atoms with Gasteiger partial charge in [0, 0.05) is 21.4 Å². The highest BCUT2D eigenvalue weighted by molar-refractivity contribution is 7.78. The highest BCUT2D eigenvalue weighted by Crippen LogP contribution is 2.41. The van der Waals surface area contributed by atoms with E-state index in [0.29, 0.717) is 0 Å². The molecule has 1 atom stereocenters. The van der Waals surface area contributed by atoms with Crippen LogP contribution in [0.2, 0.25) is 0 Å². The van der Waals surface area contributed by atoms with Gasteiger partial charge in [0.25, 0.3) is 0 Å². The summed E-state index contributed by atoms with van der Waals surface area (Å²) in [7, 11) is -2.82. The van der Waals surface area contributed by atoms with E-state index in [2.05, 4.69) is 71.1 Å². The minimum absolute atomic E-state index is 0.847. The molecule has 0 spiro atoms. The lowest BCUT2D eigenvalue weighted by Gasteiger charge is -2.17. The normalized spacial score (nSPS) is 13.8. The maximum absolute atomic E-state index is 14.2. The summed E-state index contributed by atoms with van der Waals surface area (Å²) in [5.74, 6) is 0. The Morgan fingerprint density at radius 3 is 2.18 bits per heavy atom. The van der Waals surface area contributed by atoms with Crippen molar-refractivity contribution in [2.75, 3.05) is 6.66 Å². The Hall–Kier alpha value is -3.94. The summed E-state index contributed by atoms with van der Waals surface area (Å²) >= 11 is 0. The number of pyridine rings is 1. The molecule has 0 saturated heterocycles. The van der Waals surface area contributed by atoms with Gasteiger partial charge in [0.1, 0.15) is 12.8 Å². The van der Waals surface area contributed by atoms with Crippen molar-refractivity contribution < 1.29 is 4.57 Å². The molecule has 0 aliphatic carbocycles. The predicted molar refractivity (Wildman–Crippen MR) is 144 cm³/mol. The number of fused-ring (bicyclic) bond motifs is 9. The molecule has 34 heavy (non-hydrogen) atoms. The van der Waals surface area contributed by atoms with Crippen LogP contribution in [0.25, 0.3) is 49.1 Å². The van der Waals surface area contributed by atoms with Crippen molar-refractivity contribution in [3.63, 3.8) is 0 Å². The van der Waals surface area contributed by atoms with E-state index in [1.165, 1.54) is 0 Å². The molecule has 0 saturated carbocycles. The Kier molecular flexibility index (Phi) is 4.04. The Labute approximate surface area is 196 Å². The number of aromatic nitrogens is 2. The number of nitrogens with zero attached hydrogens (tertiary/aromatic N) is 2. The average molecular weight is 456 g/mol. The molecule has 0 amide bonds. The van der Waals surface area contributed by atoms with Gasteiger partial charge < -0.3 is 4.57 Å². The third-order valence-corrected chi connectivity index (χ3v) is 9.49. The lowest BCUT2D eigenvalue weighted by molar-refractivity contribution is 0.590. The smallest absolute Gasteiger partial charge is 0.146 e. The van der Waals surface area contributed by atoms with Crippen molar-refractivity contribution in [3.8, 4) is 0 Å². The van der Waals surface area contributed by atoms with Crippen LogP contribution in [-0.2, 0) is 4.57 Å². The number of benzene rings is 5. The Balaban J connectivity index is 1.55. The zero-order chi connectivity index (χ0) is 22.9. The largest absolute Gasteiger partial charge is 0.314 e. The van der Waals surface area contributed by atoms with Crippen molar-refractivity contribution in [2.45, 2.75) is 0 Å². The van der Waals surface area contributed by atoms with Gasteiger partial charge in [-0.2, -0.15) is 0 Å². The topological polar surface area (TPSA) is 34.4 Å². The standard InChI is InChI=1S/C30H21N2OP/c1-34(33,22-15-14-20-8-2-3-9-21(20)18-22)23-16-17-24-25-10-4-6-12-28(25)32-29-13-7-5-11-27(29)31-30(32)26(24)19-23/h2-19H,1H3. The van der Waals surface area contributed by atoms with Crippen molar-refractivity contribution in [1.82, 2.24) is 9.38 Å². The first-order chi connectivity index (χ1) is 16.6. The van der Waals surface area contributed by atoms with E-state index in [-0.39, 0.29) is 0 Å².